The van der Waals surface area contributed by atoms with Crippen LogP contribution in [0.3, 0.4) is 0 Å². The number of nitrogens with one attached hydrogen (secondary N) is 1. The van der Waals surface area contributed by atoms with Gasteiger partial charge in [0, 0.05) is 6.54 Å². The number of rotatable bonds is 7. The van der Waals surface area contributed by atoms with Gasteiger partial charge in [-0.25, -0.2) is 9.59 Å². The van der Waals surface area contributed by atoms with Crippen molar-refractivity contribution in [2.45, 2.75) is 26.1 Å². The van der Waals surface area contributed by atoms with E-state index in [4.69, 9.17) is 32.7 Å². The Hall–Kier alpha value is -2.91. The van der Waals surface area contributed by atoms with E-state index >= 15 is 0 Å². The monoisotopic (exact) mass is 516 g/mol. The van der Waals surface area contributed by atoms with E-state index in [1.165, 1.54) is 29.2 Å². The Morgan fingerprint density at radius 1 is 1.12 bits per heavy atom. The molecule has 0 bridgehead atoms. The van der Waals surface area contributed by atoms with Crippen molar-refractivity contribution in [3.8, 4) is 5.75 Å². The summed E-state index contributed by atoms with van der Waals surface area (Å²) in [5.41, 5.74) is -0.169. The average molecular weight is 517 g/mol. The fourth-order valence-electron chi connectivity index (χ4n) is 3.50. The molecule has 2 amide bonds. The highest BCUT2D eigenvalue weighted by atomic mass is 35.5. The maximum Gasteiger partial charge on any atom is 0.416 e. The van der Waals surface area contributed by atoms with E-state index in [0.29, 0.717) is 5.56 Å². The molecule has 0 radical (unpaired) electrons. The molecule has 182 valence electrons. The molecule has 0 spiro atoms. The summed E-state index contributed by atoms with van der Waals surface area (Å²) in [6, 6.07) is 7.52. The number of hydrogen-bond acceptors (Lipinski definition) is 4. The maximum atomic E-state index is 13.1. The van der Waals surface area contributed by atoms with Crippen LogP contribution in [0, 0.1) is 0 Å². The zero-order valence-electron chi connectivity index (χ0n) is 18.2. The molecule has 0 fully saturated rings. The summed E-state index contributed by atoms with van der Waals surface area (Å²) in [6.07, 6.45) is -4.55. The minimum atomic E-state index is -4.55. The van der Waals surface area contributed by atoms with E-state index in [1.54, 1.807) is 19.9 Å². The number of esters is 1. The van der Waals surface area contributed by atoms with E-state index < -0.39 is 29.8 Å². The molecule has 2 aromatic carbocycles. The van der Waals surface area contributed by atoms with Crippen LogP contribution in [0.5, 0.6) is 5.75 Å². The summed E-state index contributed by atoms with van der Waals surface area (Å²) >= 11 is 12.1. The number of carbonyl (C=O) groups excluding carboxylic acids is 2. The highest BCUT2D eigenvalue weighted by Crippen LogP contribution is 2.35. The van der Waals surface area contributed by atoms with Crippen molar-refractivity contribution in [2.24, 2.45) is 0 Å². The van der Waals surface area contributed by atoms with Crippen molar-refractivity contribution in [3.05, 3.63) is 74.9 Å². The van der Waals surface area contributed by atoms with E-state index in [-0.39, 0.29) is 46.8 Å². The van der Waals surface area contributed by atoms with Crippen LogP contribution in [0.15, 0.2) is 53.7 Å². The first-order chi connectivity index (χ1) is 16.1. The molecule has 1 N–H and O–H groups in total. The van der Waals surface area contributed by atoms with Gasteiger partial charge in [-0.3, -0.25) is 4.90 Å². The Bertz CT molecular complexity index is 1120. The van der Waals surface area contributed by atoms with Crippen LogP contribution in [0.25, 0.3) is 0 Å². The lowest BCUT2D eigenvalue weighted by molar-refractivity contribution is -0.139. The zero-order valence-corrected chi connectivity index (χ0v) is 19.7. The first kappa shape index (κ1) is 25.7. The third-order valence-electron chi connectivity index (χ3n) is 5.06. The SMILES string of the molecule is CCOC(=O)C1=C(COc2cccc(C(F)(F)F)c2)N(CC)C(=O)N[C@H]1c1ccc(Cl)c(Cl)c1. The second kappa shape index (κ2) is 10.6. The third-order valence-corrected chi connectivity index (χ3v) is 5.80. The van der Waals surface area contributed by atoms with Gasteiger partial charge in [0.05, 0.1) is 39.5 Å². The summed E-state index contributed by atoms with van der Waals surface area (Å²) in [5.74, 6) is -0.779. The molecule has 0 saturated carbocycles. The van der Waals surface area contributed by atoms with Crippen LogP contribution in [-0.2, 0) is 15.7 Å². The van der Waals surface area contributed by atoms with Gasteiger partial charge in [-0.1, -0.05) is 35.3 Å². The van der Waals surface area contributed by atoms with Crippen molar-refractivity contribution in [1.29, 1.82) is 0 Å². The standard InChI is InChI=1S/C23H21Cl2F3N2O4/c1-3-30-18(12-34-15-7-5-6-14(11-15)23(26,27)28)19(21(31)33-4-2)20(29-22(30)32)13-8-9-16(24)17(25)10-13/h5-11,20H,3-4,12H2,1-2H3,(H,29,32)/t20-/m0/s1. The van der Waals surface area contributed by atoms with Crippen LogP contribution in [0.1, 0.15) is 31.0 Å². The van der Waals surface area contributed by atoms with Crippen molar-refractivity contribution < 1.29 is 32.2 Å². The molecule has 0 unspecified atom stereocenters. The minimum absolute atomic E-state index is 0.0677. The lowest BCUT2D eigenvalue weighted by atomic mass is 9.94. The molecular weight excluding hydrogens is 496 g/mol. The molecule has 1 atom stereocenters. The van der Waals surface area contributed by atoms with Crippen molar-refractivity contribution in [1.82, 2.24) is 10.2 Å². The first-order valence-corrected chi connectivity index (χ1v) is 11.1. The summed E-state index contributed by atoms with van der Waals surface area (Å²) in [5, 5.41) is 3.26. The van der Waals surface area contributed by atoms with Crippen molar-refractivity contribution in [3.63, 3.8) is 0 Å². The zero-order chi connectivity index (χ0) is 25.0. The first-order valence-electron chi connectivity index (χ1n) is 10.3. The molecule has 0 saturated heterocycles. The van der Waals surface area contributed by atoms with Gasteiger partial charge >= 0.3 is 18.2 Å². The summed E-state index contributed by atoms with van der Waals surface area (Å²) in [6.45, 7) is 3.20. The van der Waals surface area contributed by atoms with Gasteiger partial charge in [0.2, 0.25) is 0 Å². The van der Waals surface area contributed by atoms with Gasteiger partial charge in [0.1, 0.15) is 12.4 Å². The number of amides is 2. The number of likely N-dealkylation sites (N-methyl/N-ethyl adjacent to an activating group) is 1. The molecule has 1 heterocycles. The highest BCUT2D eigenvalue weighted by molar-refractivity contribution is 6.42. The molecule has 3 rings (SSSR count). The number of hydrogen-bond donors (Lipinski definition) is 1. The molecule has 0 aromatic heterocycles. The van der Waals surface area contributed by atoms with Crippen LogP contribution in [0.2, 0.25) is 10.0 Å². The van der Waals surface area contributed by atoms with E-state index in [1.807, 2.05) is 0 Å². The Labute approximate surface area is 204 Å². The number of nitrogens with zero attached hydrogens (tertiary/aromatic N) is 1. The van der Waals surface area contributed by atoms with Crippen molar-refractivity contribution >= 4 is 35.2 Å². The fraction of sp³-hybridized carbons (Fsp3) is 0.304. The molecule has 6 nitrogen and oxygen atoms in total. The molecule has 1 aliphatic heterocycles. The average Bonchev–Trinajstić information content (AvgIpc) is 2.78. The normalized spacial score (nSPS) is 16.4. The Morgan fingerprint density at radius 2 is 1.85 bits per heavy atom. The van der Waals surface area contributed by atoms with Gasteiger partial charge in [-0.05, 0) is 49.7 Å². The van der Waals surface area contributed by atoms with E-state index in [0.717, 1.165) is 12.1 Å². The molecule has 0 aliphatic carbocycles. The number of carbonyl (C=O) groups is 2. The van der Waals surface area contributed by atoms with Crippen molar-refractivity contribution in [2.75, 3.05) is 19.8 Å². The molecular formula is C23H21Cl2F3N2O4. The molecule has 34 heavy (non-hydrogen) atoms. The van der Waals surface area contributed by atoms with Crippen LogP contribution in [0.4, 0.5) is 18.0 Å². The summed E-state index contributed by atoms with van der Waals surface area (Å²) in [7, 11) is 0. The van der Waals surface area contributed by atoms with Gasteiger partial charge < -0.3 is 14.8 Å². The topological polar surface area (TPSA) is 67.9 Å². The Morgan fingerprint density at radius 3 is 2.47 bits per heavy atom. The molecule has 11 heteroatoms. The number of benzene rings is 2. The smallest absolute Gasteiger partial charge is 0.416 e. The third kappa shape index (κ3) is 5.59. The largest absolute Gasteiger partial charge is 0.487 e. The lowest BCUT2D eigenvalue weighted by Crippen LogP contribution is -2.49. The van der Waals surface area contributed by atoms with E-state index in [2.05, 4.69) is 5.32 Å². The lowest BCUT2D eigenvalue weighted by Gasteiger charge is -2.36. The molecule has 2 aromatic rings. The summed E-state index contributed by atoms with van der Waals surface area (Å²) in [4.78, 5) is 27.1. The number of alkyl halides is 3. The fourth-order valence-corrected chi connectivity index (χ4v) is 3.81. The number of halogens is 5. The number of urea groups is 1. The maximum absolute atomic E-state index is 13.1. The Balaban J connectivity index is 2.07. The van der Waals surface area contributed by atoms with Gasteiger partial charge in [0.25, 0.3) is 0 Å². The van der Waals surface area contributed by atoms with Crippen LogP contribution >= 0.6 is 23.2 Å². The van der Waals surface area contributed by atoms with Gasteiger partial charge in [-0.15, -0.1) is 0 Å². The molecule has 1 aliphatic rings. The second-order valence-electron chi connectivity index (χ2n) is 7.20. The predicted molar refractivity (Wildman–Crippen MR) is 121 cm³/mol. The number of ether oxygens (including phenoxy) is 2. The Kier molecular flexibility index (Phi) is 7.99. The highest BCUT2D eigenvalue weighted by Gasteiger charge is 2.38. The predicted octanol–water partition coefficient (Wildman–Crippen LogP) is 5.99. The summed E-state index contributed by atoms with van der Waals surface area (Å²) < 4.78 is 50.1. The van der Waals surface area contributed by atoms with Gasteiger partial charge in [-0.2, -0.15) is 13.2 Å². The van der Waals surface area contributed by atoms with Crippen LogP contribution in [-0.4, -0.2) is 36.7 Å². The quantitative estimate of drug-likeness (QED) is 0.458. The van der Waals surface area contributed by atoms with E-state index in [9.17, 15) is 22.8 Å². The van der Waals surface area contributed by atoms with Crippen LogP contribution < -0.4 is 10.1 Å². The second-order valence-corrected chi connectivity index (χ2v) is 8.01. The van der Waals surface area contributed by atoms with Gasteiger partial charge in [0.15, 0.2) is 0 Å². The minimum Gasteiger partial charge on any atom is -0.487 e.